The van der Waals surface area contributed by atoms with Crippen molar-refractivity contribution in [2.24, 2.45) is 0 Å². The average molecular weight is 424 g/mol. The van der Waals surface area contributed by atoms with E-state index in [1.54, 1.807) is 0 Å². The van der Waals surface area contributed by atoms with Crippen LogP contribution in [-0.2, 0) is 9.09 Å². The van der Waals surface area contributed by atoms with Crippen molar-refractivity contribution < 1.29 is 29.7 Å². The van der Waals surface area contributed by atoms with E-state index in [2.05, 4.69) is 10.6 Å². The number of unbranched alkanes of at least 4 members (excludes halogenated alkanes) is 11. The molecule has 0 spiro atoms. The van der Waals surface area contributed by atoms with Crippen molar-refractivity contribution in [1.29, 1.82) is 0 Å². The molecular weight excluding hydrogens is 375 g/mol. The summed E-state index contributed by atoms with van der Waals surface area (Å²) in [6.07, 6.45) is 17.5. The lowest BCUT2D eigenvalue weighted by atomic mass is 10.1. The van der Waals surface area contributed by atoms with Gasteiger partial charge in [-0.25, -0.2) is 0 Å². The molecule has 0 heterocycles. The highest BCUT2D eigenvalue weighted by Crippen LogP contribution is 2.30. The topological polar surface area (TPSA) is 103 Å². The maximum absolute atomic E-state index is 10.8. The molecule has 0 saturated carbocycles. The normalized spacial score (nSPS) is 13.7. The van der Waals surface area contributed by atoms with E-state index >= 15 is 0 Å². The van der Waals surface area contributed by atoms with E-state index in [-0.39, 0.29) is 0 Å². The van der Waals surface area contributed by atoms with Crippen LogP contribution in [0.4, 0.5) is 0 Å². The lowest BCUT2D eigenvalue weighted by molar-refractivity contribution is -0.680. The third kappa shape index (κ3) is 26.0. The Morgan fingerprint density at radius 2 is 1.07 bits per heavy atom. The first-order chi connectivity index (χ1) is 13.6. The lowest BCUT2D eigenvalue weighted by Gasteiger charge is -2.17. The Bertz CT molecular complexity index is 353. The van der Waals surface area contributed by atoms with Gasteiger partial charge in [0.2, 0.25) is 0 Å². The minimum Gasteiger partial charge on any atom is -0.779 e. The minimum atomic E-state index is -3.53. The Morgan fingerprint density at radius 1 is 0.679 bits per heavy atom. The molecule has 0 aliphatic carbocycles. The van der Waals surface area contributed by atoms with Crippen LogP contribution in [0.5, 0.6) is 0 Å². The SMILES string of the molecule is CP(=O)([O-])OCCCC[NH2+]CCC[NH2+]CCCCCCCCCCCCCO. The first-order valence-corrected chi connectivity index (χ1v) is 13.7. The third-order valence-electron chi connectivity index (χ3n) is 5.01. The predicted octanol–water partition coefficient (Wildman–Crippen LogP) is 1.77. The number of aliphatic hydroxyl groups is 1. The van der Waals surface area contributed by atoms with Crippen LogP contribution in [0.1, 0.15) is 89.9 Å². The van der Waals surface area contributed by atoms with Gasteiger partial charge in [-0.3, -0.25) is 0 Å². The smallest absolute Gasteiger partial charge is 0.131 e. The second-order valence-electron chi connectivity index (χ2n) is 8.01. The summed E-state index contributed by atoms with van der Waals surface area (Å²) >= 11 is 0. The lowest BCUT2D eigenvalue weighted by Crippen LogP contribution is -2.88. The van der Waals surface area contributed by atoms with Crippen molar-refractivity contribution in [2.45, 2.75) is 89.9 Å². The quantitative estimate of drug-likeness (QED) is 0.172. The van der Waals surface area contributed by atoms with Crippen LogP contribution in [0.2, 0.25) is 0 Å². The van der Waals surface area contributed by atoms with Gasteiger partial charge in [0.05, 0.1) is 32.8 Å². The summed E-state index contributed by atoms with van der Waals surface area (Å²) in [6.45, 7) is 6.48. The fraction of sp³-hybridized carbons (Fsp3) is 1.00. The van der Waals surface area contributed by atoms with Gasteiger partial charge in [0, 0.05) is 19.7 Å². The molecule has 0 aromatic carbocycles. The van der Waals surface area contributed by atoms with Crippen LogP contribution < -0.4 is 15.5 Å². The largest absolute Gasteiger partial charge is 0.779 e. The van der Waals surface area contributed by atoms with Crippen molar-refractivity contribution in [2.75, 3.05) is 46.1 Å². The van der Waals surface area contributed by atoms with Gasteiger partial charge in [-0.1, -0.05) is 51.4 Å². The molecule has 0 aromatic rings. The van der Waals surface area contributed by atoms with E-state index in [1.165, 1.54) is 83.7 Å². The third-order valence-corrected chi connectivity index (χ3v) is 5.66. The van der Waals surface area contributed by atoms with Gasteiger partial charge in [0.25, 0.3) is 0 Å². The standard InChI is InChI=1S/C21H47N2O4P/c1-28(25,26)27-21-14-12-17-23-19-15-18-22-16-11-9-7-5-3-2-4-6-8-10-13-20-24/h22-24H,2-21H2,1H3,(H,25,26)/p+1. The van der Waals surface area contributed by atoms with Gasteiger partial charge in [-0.05, 0) is 32.1 Å². The van der Waals surface area contributed by atoms with Crippen LogP contribution in [-0.4, -0.2) is 51.2 Å². The zero-order valence-corrected chi connectivity index (χ0v) is 19.3. The molecule has 5 N–H and O–H groups in total. The van der Waals surface area contributed by atoms with Crippen LogP contribution in [0.15, 0.2) is 0 Å². The highest BCUT2D eigenvalue weighted by Gasteiger charge is 1.99. The Kier molecular flexibility index (Phi) is 21.8. The van der Waals surface area contributed by atoms with Crippen LogP contribution >= 0.6 is 7.60 Å². The molecule has 1 unspecified atom stereocenters. The second-order valence-corrected chi connectivity index (χ2v) is 9.81. The maximum atomic E-state index is 10.8. The molecule has 170 valence electrons. The van der Waals surface area contributed by atoms with Gasteiger partial charge < -0.3 is 29.7 Å². The summed E-state index contributed by atoms with van der Waals surface area (Å²) < 4.78 is 15.6. The molecule has 28 heavy (non-hydrogen) atoms. The molecule has 6 nitrogen and oxygen atoms in total. The molecule has 0 aliphatic rings. The molecular formula is C21H48N2O4P+. The molecule has 0 bridgehead atoms. The summed E-state index contributed by atoms with van der Waals surface area (Å²) in [5.74, 6) is 0. The fourth-order valence-corrected chi connectivity index (χ4v) is 3.77. The second kappa shape index (κ2) is 21.7. The van der Waals surface area contributed by atoms with Crippen molar-refractivity contribution in [3.05, 3.63) is 0 Å². The molecule has 0 amide bonds. The molecule has 0 aliphatic heterocycles. The molecule has 0 rings (SSSR count). The molecule has 0 aromatic heterocycles. The Hall–Kier alpha value is 0.0300. The maximum Gasteiger partial charge on any atom is 0.131 e. The van der Waals surface area contributed by atoms with E-state index in [4.69, 9.17) is 9.63 Å². The summed E-state index contributed by atoms with van der Waals surface area (Å²) in [4.78, 5) is 10.8. The number of quaternary nitrogens is 2. The van der Waals surface area contributed by atoms with Crippen LogP contribution in [0.25, 0.3) is 0 Å². The number of hydrogen-bond donors (Lipinski definition) is 3. The van der Waals surface area contributed by atoms with E-state index in [0.29, 0.717) is 13.2 Å². The number of rotatable bonds is 23. The van der Waals surface area contributed by atoms with Crippen LogP contribution in [0, 0.1) is 0 Å². The Morgan fingerprint density at radius 3 is 1.54 bits per heavy atom. The average Bonchev–Trinajstić information content (AvgIpc) is 2.65. The molecule has 0 fully saturated rings. The molecule has 7 heteroatoms. The molecule has 1 atom stereocenters. The van der Waals surface area contributed by atoms with Gasteiger partial charge in [-0.15, -0.1) is 0 Å². The van der Waals surface area contributed by atoms with Crippen molar-refractivity contribution in [3.63, 3.8) is 0 Å². The monoisotopic (exact) mass is 423 g/mol. The zero-order valence-electron chi connectivity index (χ0n) is 18.4. The van der Waals surface area contributed by atoms with E-state index in [0.717, 1.165) is 39.0 Å². The van der Waals surface area contributed by atoms with E-state index < -0.39 is 7.60 Å². The van der Waals surface area contributed by atoms with Gasteiger partial charge in [0.1, 0.15) is 7.60 Å². The number of aliphatic hydroxyl groups excluding tert-OH is 1. The summed E-state index contributed by atoms with van der Waals surface area (Å²) in [5.41, 5.74) is 0. The minimum absolute atomic E-state index is 0.324. The highest BCUT2D eigenvalue weighted by molar-refractivity contribution is 7.50. The number of nitrogens with two attached hydrogens (primary N) is 2. The predicted molar refractivity (Wildman–Crippen MR) is 115 cm³/mol. The Balaban J connectivity index is 3.02. The van der Waals surface area contributed by atoms with E-state index in [9.17, 15) is 9.46 Å². The number of hydrogen-bond acceptors (Lipinski definition) is 4. The van der Waals surface area contributed by atoms with Gasteiger partial charge >= 0.3 is 0 Å². The van der Waals surface area contributed by atoms with Crippen molar-refractivity contribution in [1.82, 2.24) is 0 Å². The summed E-state index contributed by atoms with van der Waals surface area (Å²) in [5, 5.41) is 13.5. The van der Waals surface area contributed by atoms with Gasteiger partial charge in [0.15, 0.2) is 0 Å². The Labute approximate surface area is 173 Å². The van der Waals surface area contributed by atoms with Crippen molar-refractivity contribution in [3.8, 4) is 0 Å². The van der Waals surface area contributed by atoms with Crippen LogP contribution in [0.3, 0.4) is 0 Å². The summed E-state index contributed by atoms with van der Waals surface area (Å²) in [6, 6.07) is 0. The molecule has 0 radical (unpaired) electrons. The van der Waals surface area contributed by atoms with Gasteiger partial charge in [-0.2, -0.15) is 0 Å². The van der Waals surface area contributed by atoms with E-state index in [1.807, 2.05) is 0 Å². The van der Waals surface area contributed by atoms with Crippen molar-refractivity contribution >= 4 is 7.60 Å². The molecule has 0 saturated heterocycles. The fourth-order valence-electron chi connectivity index (χ4n) is 3.31. The highest BCUT2D eigenvalue weighted by atomic mass is 31.2. The summed E-state index contributed by atoms with van der Waals surface area (Å²) in [7, 11) is -3.53. The zero-order chi connectivity index (χ0) is 20.8. The first kappa shape index (κ1) is 28.0. The first-order valence-electron chi connectivity index (χ1n) is 11.7.